The third-order valence-corrected chi connectivity index (χ3v) is 6.53. The Morgan fingerprint density at radius 3 is 2.81 bits per heavy atom. The molecule has 0 saturated carbocycles. The van der Waals surface area contributed by atoms with Gasteiger partial charge in [-0.3, -0.25) is 0 Å². The van der Waals surface area contributed by atoms with Gasteiger partial charge in [0.1, 0.15) is 16.7 Å². The second-order valence-corrected chi connectivity index (χ2v) is 8.61. The molecule has 1 aliphatic rings. The number of aromatic nitrogens is 4. The summed E-state index contributed by atoms with van der Waals surface area (Å²) in [6, 6.07) is 5.76. The van der Waals surface area contributed by atoms with E-state index >= 15 is 0 Å². The number of rotatable bonds is 3. The van der Waals surface area contributed by atoms with Gasteiger partial charge in [0, 0.05) is 31.2 Å². The van der Waals surface area contributed by atoms with Crippen molar-refractivity contribution in [1.82, 2.24) is 19.7 Å². The normalized spacial score (nSPS) is 23.0. The Balaban J connectivity index is 1.89. The highest BCUT2D eigenvalue weighted by molar-refractivity contribution is 7.91. The fourth-order valence-electron chi connectivity index (χ4n) is 3.45. The zero-order chi connectivity index (χ0) is 18.5. The van der Waals surface area contributed by atoms with Crippen molar-refractivity contribution in [1.29, 1.82) is 0 Å². The Hall–Kier alpha value is -1.67. The van der Waals surface area contributed by atoms with Crippen LogP contribution in [0, 0.1) is 13.8 Å². The molecule has 0 aromatic carbocycles. The summed E-state index contributed by atoms with van der Waals surface area (Å²) in [4.78, 5) is 8.98. The average Bonchev–Trinajstić information content (AvgIpc) is 3.15. The highest BCUT2D eigenvalue weighted by Gasteiger charge is 2.45. The van der Waals surface area contributed by atoms with Gasteiger partial charge in [0.15, 0.2) is 11.4 Å². The number of ether oxygens (including phenoxy) is 1. The Labute approximate surface area is 159 Å². The molecule has 0 bridgehead atoms. The molecule has 0 spiro atoms. The average molecular weight is 391 g/mol. The van der Waals surface area contributed by atoms with Gasteiger partial charge in [-0.2, -0.15) is 5.10 Å². The summed E-state index contributed by atoms with van der Waals surface area (Å²) in [5.74, 6) is 1.78. The van der Waals surface area contributed by atoms with Crippen LogP contribution in [0.4, 0.5) is 0 Å². The van der Waals surface area contributed by atoms with Crippen LogP contribution in [0.25, 0.3) is 16.7 Å². The van der Waals surface area contributed by atoms with Crippen LogP contribution < -0.4 is 0 Å². The first-order chi connectivity index (χ1) is 12.4. The van der Waals surface area contributed by atoms with Crippen molar-refractivity contribution in [3.8, 4) is 5.82 Å². The fourth-order valence-corrected chi connectivity index (χ4v) is 5.23. The minimum Gasteiger partial charge on any atom is -0.616 e. The first kappa shape index (κ1) is 17.7. The quantitative estimate of drug-likeness (QED) is 0.507. The van der Waals surface area contributed by atoms with Gasteiger partial charge in [-0.15, -0.1) is 0 Å². The number of pyridine rings is 2. The third-order valence-electron chi connectivity index (χ3n) is 4.88. The molecule has 0 amide bonds. The van der Waals surface area contributed by atoms with Crippen LogP contribution in [0.5, 0.6) is 0 Å². The molecule has 1 fully saturated rings. The second kappa shape index (κ2) is 6.49. The SMILES string of the molecule is COC1(c2cc(C)cc(-n3nc(C)c4cnc(Cl)cc43)n2)CC[S+]([O-])C1. The second-order valence-electron chi connectivity index (χ2n) is 6.65. The van der Waals surface area contributed by atoms with Crippen LogP contribution in [0.3, 0.4) is 0 Å². The topological polar surface area (TPSA) is 75.9 Å². The monoisotopic (exact) mass is 390 g/mol. The number of aryl methyl sites for hydroxylation is 2. The van der Waals surface area contributed by atoms with Crippen molar-refractivity contribution in [3.05, 3.63) is 46.5 Å². The van der Waals surface area contributed by atoms with Gasteiger partial charge < -0.3 is 9.29 Å². The van der Waals surface area contributed by atoms with E-state index in [9.17, 15) is 4.55 Å². The van der Waals surface area contributed by atoms with E-state index in [-0.39, 0.29) is 0 Å². The van der Waals surface area contributed by atoms with Gasteiger partial charge in [-0.1, -0.05) is 22.8 Å². The molecule has 1 saturated heterocycles. The van der Waals surface area contributed by atoms with Gasteiger partial charge in [0.05, 0.1) is 16.9 Å². The maximum Gasteiger partial charge on any atom is 0.158 e. The molecule has 4 heterocycles. The van der Waals surface area contributed by atoms with E-state index in [2.05, 4.69) is 10.1 Å². The van der Waals surface area contributed by atoms with Crippen LogP contribution in [-0.2, 0) is 21.5 Å². The molecule has 26 heavy (non-hydrogen) atoms. The summed E-state index contributed by atoms with van der Waals surface area (Å²) >= 11 is 5.20. The van der Waals surface area contributed by atoms with Crippen LogP contribution in [0.2, 0.25) is 5.15 Å². The molecule has 4 rings (SSSR count). The standard InChI is InChI=1S/C18H19ClN4O2S/c1-11-6-15(18(25-3)4-5-26(24)10-18)21-17(7-11)23-14-8-16(19)20-9-13(14)12(2)22-23/h6-9H,4-5,10H2,1-3H3. The smallest absolute Gasteiger partial charge is 0.158 e. The van der Waals surface area contributed by atoms with E-state index in [1.54, 1.807) is 24.1 Å². The minimum absolute atomic E-state index is 0.408. The van der Waals surface area contributed by atoms with Crippen LogP contribution in [0.15, 0.2) is 24.4 Å². The van der Waals surface area contributed by atoms with Crippen molar-refractivity contribution in [3.63, 3.8) is 0 Å². The molecule has 6 nitrogen and oxygen atoms in total. The van der Waals surface area contributed by atoms with E-state index in [0.717, 1.165) is 27.9 Å². The van der Waals surface area contributed by atoms with Crippen LogP contribution >= 0.6 is 11.6 Å². The van der Waals surface area contributed by atoms with Gasteiger partial charge in [-0.25, -0.2) is 14.6 Å². The Morgan fingerprint density at radius 2 is 2.12 bits per heavy atom. The molecule has 2 atom stereocenters. The van der Waals surface area contributed by atoms with Gasteiger partial charge in [-0.05, 0) is 31.5 Å². The molecule has 1 aliphatic heterocycles. The van der Waals surface area contributed by atoms with Crippen LogP contribution in [-0.4, -0.2) is 42.9 Å². The van der Waals surface area contributed by atoms with E-state index in [0.29, 0.717) is 28.9 Å². The zero-order valence-electron chi connectivity index (χ0n) is 14.8. The highest BCUT2D eigenvalue weighted by atomic mass is 35.5. The molecular formula is C18H19ClN4O2S. The number of nitrogens with zero attached hydrogens (tertiary/aromatic N) is 4. The third kappa shape index (κ3) is 2.89. The summed E-state index contributed by atoms with van der Waals surface area (Å²) in [6.07, 6.45) is 2.42. The lowest BCUT2D eigenvalue weighted by Crippen LogP contribution is -2.31. The van der Waals surface area contributed by atoms with Gasteiger partial charge in [0.25, 0.3) is 0 Å². The maximum atomic E-state index is 12.0. The predicted molar refractivity (Wildman–Crippen MR) is 102 cm³/mol. The Kier molecular flexibility index (Phi) is 4.43. The van der Waals surface area contributed by atoms with Gasteiger partial charge >= 0.3 is 0 Å². The highest BCUT2D eigenvalue weighted by Crippen LogP contribution is 2.36. The minimum atomic E-state index is -0.885. The summed E-state index contributed by atoms with van der Waals surface area (Å²) < 4.78 is 19.6. The van der Waals surface area contributed by atoms with Crippen molar-refractivity contribution in [2.75, 3.05) is 18.6 Å². The van der Waals surface area contributed by atoms with Crippen molar-refractivity contribution < 1.29 is 9.29 Å². The largest absolute Gasteiger partial charge is 0.616 e. The molecule has 3 aromatic heterocycles. The number of hydrogen-bond donors (Lipinski definition) is 0. The molecule has 0 radical (unpaired) electrons. The molecule has 0 N–H and O–H groups in total. The van der Waals surface area contributed by atoms with Crippen molar-refractivity contribution in [2.45, 2.75) is 25.9 Å². The number of methoxy groups -OCH3 is 1. The number of fused-ring (bicyclic) bond motifs is 1. The Bertz CT molecular complexity index is 993. The first-order valence-electron chi connectivity index (χ1n) is 8.32. The molecular weight excluding hydrogens is 372 g/mol. The number of halogens is 1. The van der Waals surface area contributed by atoms with Crippen LogP contribution in [0.1, 0.15) is 23.4 Å². The molecule has 136 valence electrons. The maximum absolute atomic E-state index is 12.0. The molecule has 3 aromatic rings. The fraction of sp³-hybridized carbons (Fsp3) is 0.389. The summed E-state index contributed by atoms with van der Waals surface area (Å²) in [6.45, 7) is 3.94. The lowest BCUT2D eigenvalue weighted by Gasteiger charge is -2.25. The lowest BCUT2D eigenvalue weighted by molar-refractivity contribution is 0.00492. The lowest BCUT2D eigenvalue weighted by atomic mass is 9.97. The summed E-state index contributed by atoms with van der Waals surface area (Å²) in [5.41, 5.74) is 2.94. The molecule has 2 unspecified atom stereocenters. The van der Waals surface area contributed by atoms with E-state index in [1.807, 2.05) is 26.0 Å². The molecule has 8 heteroatoms. The summed E-state index contributed by atoms with van der Waals surface area (Å²) in [7, 11) is 1.66. The summed E-state index contributed by atoms with van der Waals surface area (Å²) in [5, 5.41) is 5.97. The van der Waals surface area contributed by atoms with E-state index < -0.39 is 16.8 Å². The first-order valence-corrected chi connectivity index (χ1v) is 10.2. The molecule has 0 aliphatic carbocycles. The van der Waals surface area contributed by atoms with E-state index in [4.69, 9.17) is 21.3 Å². The van der Waals surface area contributed by atoms with Crippen molar-refractivity contribution in [2.24, 2.45) is 0 Å². The predicted octanol–water partition coefficient (Wildman–Crippen LogP) is 3.08. The number of hydrogen-bond acceptors (Lipinski definition) is 5. The zero-order valence-corrected chi connectivity index (χ0v) is 16.4. The van der Waals surface area contributed by atoms with E-state index in [1.165, 1.54) is 0 Å². The van der Waals surface area contributed by atoms with Crippen molar-refractivity contribution >= 4 is 33.7 Å². The van der Waals surface area contributed by atoms with Gasteiger partial charge in [0.2, 0.25) is 0 Å². The Morgan fingerprint density at radius 1 is 1.31 bits per heavy atom.